The van der Waals surface area contributed by atoms with Crippen molar-refractivity contribution in [1.82, 2.24) is 9.55 Å². The van der Waals surface area contributed by atoms with Crippen molar-refractivity contribution < 1.29 is 0 Å². The summed E-state index contributed by atoms with van der Waals surface area (Å²) in [6, 6.07) is 0. The van der Waals surface area contributed by atoms with Gasteiger partial charge in [-0.25, -0.2) is 4.98 Å². The molecule has 0 aliphatic rings. The molecule has 0 atom stereocenters. The summed E-state index contributed by atoms with van der Waals surface area (Å²) in [4.78, 5) is 4.20. The lowest BCUT2D eigenvalue weighted by Crippen LogP contribution is -2.39. The number of hydrogen-bond donors (Lipinski definition) is 1. The summed E-state index contributed by atoms with van der Waals surface area (Å²) in [5.41, 5.74) is -0.304. The van der Waals surface area contributed by atoms with Gasteiger partial charge in [0.15, 0.2) is 0 Å². The van der Waals surface area contributed by atoms with Crippen LogP contribution in [0.15, 0.2) is 12.4 Å². The summed E-state index contributed by atoms with van der Waals surface area (Å²) in [6.45, 7) is 4.91. The second-order valence-electron chi connectivity index (χ2n) is 3.49. The van der Waals surface area contributed by atoms with Crippen LogP contribution < -0.4 is 5.32 Å². The number of rotatable bonds is 5. The predicted molar refractivity (Wildman–Crippen MR) is 61.4 cm³/mol. The Morgan fingerprint density at radius 1 is 1.50 bits per heavy atom. The van der Waals surface area contributed by atoms with E-state index in [1.54, 1.807) is 6.20 Å². The highest BCUT2D eigenvalue weighted by Crippen LogP contribution is 2.16. The topological polar surface area (TPSA) is 29.9 Å². The first-order valence-corrected chi connectivity index (χ1v) is 5.63. The number of alkyl halides is 2. The van der Waals surface area contributed by atoms with Gasteiger partial charge >= 0.3 is 0 Å². The van der Waals surface area contributed by atoms with E-state index in [9.17, 15) is 0 Å². The van der Waals surface area contributed by atoms with Gasteiger partial charge in [0, 0.05) is 30.7 Å². The number of aryl methyl sites for hydroxylation is 1. The Morgan fingerprint density at radius 2 is 2.14 bits per heavy atom. The van der Waals surface area contributed by atoms with Crippen molar-refractivity contribution in [1.29, 1.82) is 0 Å². The van der Waals surface area contributed by atoms with Gasteiger partial charge in [-0.1, -0.05) is 0 Å². The molecule has 1 aromatic heterocycles. The first-order valence-electron chi connectivity index (χ1n) is 4.56. The zero-order valence-corrected chi connectivity index (χ0v) is 9.94. The van der Waals surface area contributed by atoms with Crippen LogP contribution in [0.3, 0.4) is 0 Å². The molecule has 14 heavy (non-hydrogen) atoms. The predicted octanol–water partition coefficient (Wildman–Crippen LogP) is 2.55. The molecule has 0 saturated carbocycles. The minimum absolute atomic E-state index is 0.304. The minimum atomic E-state index is -0.304. The van der Waals surface area contributed by atoms with Gasteiger partial charge in [0.2, 0.25) is 5.95 Å². The van der Waals surface area contributed by atoms with Crippen LogP contribution in [0.2, 0.25) is 0 Å². The summed E-state index contributed by atoms with van der Waals surface area (Å²) in [7, 11) is 0. The molecule has 1 aromatic rings. The van der Waals surface area contributed by atoms with Crippen LogP contribution in [0.25, 0.3) is 0 Å². The van der Waals surface area contributed by atoms with Crippen LogP contribution in [0, 0.1) is 0 Å². The highest BCUT2D eigenvalue weighted by molar-refractivity contribution is 6.22. The van der Waals surface area contributed by atoms with Gasteiger partial charge in [0.1, 0.15) is 0 Å². The first kappa shape index (κ1) is 11.7. The minimum Gasteiger partial charge on any atom is -0.348 e. The third kappa shape index (κ3) is 2.55. The van der Waals surface area contributed by atoms with Crippen molar-refractivity contribution in [2.45, 2.75) is 25.9 Å². The Bertz CT molecular complexity index is 281. The maximum absolute atomic E-state index is 5.84. The van der Waals surface area contributed by atoms with Crippen LogP contribution in [0.4, 0.5) is 5.95 Å². The standard InChI is InChI=1S/C9H15Cl2N3/c1-3-14-5-4-12-8(14)13-9(2,6-10)7-11/h4-5H,3,6-7H2,1-2H3,(H,12,13). The van der Waals surface area contributed by atoms with E-state index in [-0.39, 0.29) is 5.54 Å². The lowest BCUT2D eigenvalue weighted by atomic mass is 10.1. The second kappa shape index (κ2) is 4.89. The fourth-order valence-electron chi connectivity index (χ4n) is 1.06. The average molecular weight is 236 g/mol. The Labute approximate surface area is 94.4 Å². The smallest absolute Gasteiger partial charge is 0.203 e. The van der Waals surface area contributed by atoms with Crippen molar-refractivity contribution in [3.63, 3.8) is 0 Å². The molecule has 0 aliphatic heterocycles. The number of nitrogens with one attached hydrogen (secondary N) is 1. The largest absolute Gasteiger partial charge is 0.348 e. The number of nitrogens with zero attached hydrogens (tertiary/aromatic N) is 2. The third-order valence-electron chi connectivity index (χ3n) is 2.06. The lowest BCUT2D eigenvalue weighted by molar-refractivity contribution is 0.625. The van der Waals surface area contributed by atoms with Gasteiger partial charge in [0.05, 0.1) is 5.54 Å². The van der Waals surface area contributed by atoms with Crippen molar-refractivity contribution in [2.24, 2.45) is 0 Å². The highest BCUT2D eigenvalue weighted by atomic mass is 35.5. The van der Waals surface area contributed by atoms with E-state index in [1.807, 2.05) is 17.7 Å². The molecule has 0 bridgehead atoms. The molecule has 0 saturated heterocycles. The van der Waals surface area contributed by atoms with Gasteiger partial charge in [-0.15, -0.1) is 23.2 Å². The fourth-order valence-corrected chi connectivity index (χ4v) is 1.48. The van der Waals surface area contributed by atoms with E-state index in [1.165, 1.54) is 0 Å². The molecular formula is C9H15Cl2N3. The van der Waals surface area contributed by atoms with Crippen LogP contribution >= 0.6 is 23.2 Å². The first-order chi connectivity index (χ1) is 6.65. The molecule has 0 radical (unpaired) electrons. The maximum atomic E-state index is 5.84. The Kier molecular flexibility index (Phi) is 4.08. The molecule has 0 amide bonds. The van der Waals surface area contributed by atoms with Gasteiger partial charge in [-0.05, 0) is 13.8 Å². The molecule has 0 aliphatic carbocycles. The van der Waals surface area contributed by atoms with Crippen LogP contribution in [-0.2, 0) is 6.54 Å². The van der Waals surface area contributed by atoms with Crippen molar-refractivity contribution in [3.8, 4) is 0 Å². The molecule has 0 fully saturated rings. The molecule has 3 nitrogen and oxygen atoms in total. The molecule has 1 rings (SSSR count). The molecule has 0 unspecified atom stereocenters. The molecule has 1 heterocycles. The summed E-state index contributed by atoms with van der Waals surface area (Å²) < 4.78 is 2.01. The molecule has 5 heteroatoms. The zero-order valence-electron chi connectivity index (χ0n) is 8.43. The van der Waals surface area contributed by atoms with Crippen molar-refractivity contribution in [3.05, 3.63) is 12.4 Å². The molecular weight excluding hydrogens is 221 g/mol. The quantitative estimate of drug-likeness (QED) is 0.796. The summed E-state index contributed by atoms with van der Waals surface area (Å²) in [5.74, 6) is 1.72. The van der Waals surface area contributed by atoms with Gasteiger partial charge in [0.25, 0.3) is 0 Å². The van der Waals surface area contributed by atoms with E-state index < -0.39 is 0 Å². The summed E-state index contributed by atoms with van der Waals surface area (Å²) in [5, 5.41) is 3.24. The van der Waals surface area contributed by atoms with Crippen molar-refractivity contribution in [2.75, 3.05) is 17.1 Å². The van der Waals surface area contributed by atoms with Gasteiger partial charge in [-0.2, -0.15) is 0 Å². The Hall–Kier alpha value is -0.410. The van der Waals surface area contributed by atoms with Crippen LogP contribution in [-0.4, -0.2) is 26.9 Å². The summed E-state index contributed by atoms with van der Waals surface area (Å²) >= 11 is 11.7. The van der Waals surface area contributed by atoms with E-state index >= 15 is 0 Å². The van der Waals surface area contributed by atoms with Gasteiger partial charge in [-0.3, -0.25) is 0 Å². The Morgan fingerprint density at radius 3 is 2.64 bits per heavy atom. The second-order valence-corrected chi connectivity index (χ2v) is 4.02. The van der Waals surface area contributed by atoms with E-state index in [4.69, 9.17) is 23.2 Å². The van der Waals surface area contributed by atoms with E-state index in [2.05, 4.69) is 17.2 Å². The zero-order chi connectivity index (χ0) is 10.6. The number of halogens is 2. The van der Waals surface area contributed by atoms with Crippen molar-refractivity contribution >= 4 is 29.2 Å². The van der Waals surface area contributed by atoms with E-state index in [0.29, 0.717) is 11.8 Å². The Balaban J connectivity index is 2.76. The SMILES string of the molecule is CCn1ccnc1NC(C)(CCl)CCl. The van der Waals surface area contributed by atoms with Gasteiger partial charge < -0.3 is 9.88 Å². The number of hydrogen-bond acceptors (Lipinski definition) is 2. The lowest BCUT2D eigenvalue weighted by Gasteiger charge is -2.26. The number of imidazole rings is 1. The average Bonchev–Trinajstić information content (AvgIpc) is 2.65. The number of aromatic nitrogens is 2. The van der Waals surface area contributed by atoms with Crippen LogP contribution in [0.5, 0.6) is 0 Å². The maximum Gasteiger partial charge on any atom is 0.203 e. The molecule has 80 valence electrons. The monoisotopic (exact) mass is 235 g/mol. The summed E-state index contributed by atoms with van der Waals surface area (Å²) in [6.07, 6.45) is 3.68. The highest BCUT2D eigenvalue weighted by Gasteiger charge is 2.23. The third-order valence-corrected chi connectivity index (χ3v) is 3.24. The van der Waals surface area contributed by atoms with E-state index in [0.717, 1.165) is 12.5 Å². The van der Waals surface area contributed by atoms with Crippen LogP contribution in [0.1, 0.15) is 13.8 Å². The molecule has 0 aromatic carbocycles. The normalized spacial score (nSPS) is 11.7. The fraction of sp³-hybridized carbons (Fsp3) is 0.667. The molecule has 0 spiro atoms. The number of anilines is 1. The molecule has 1 N–H and O–H groups in total.